The van der Waals surface area contributed by atoms with Gasteiger partial charge in [0.25, 0.3) is 0 Å². The molecule has 5 heteroatoms. The lowest BCUT2D eigenvalue weighted by Crippen LogP contribution is -1.88. The fraction of sp³-hybridized carbons (Fsp3) is 0.0556. The molecule has 0 spiro atoms. The van der Waals surface area contributed by atoms with Gasteiger partial charge in [0.05, 0.1) is 18.6 Å². The highest BCUT2D eigenvalue weighted by atomic mass is 16.5. The number of benzene rings is 1. The fourth-order valence-electron chi connectivity index (χ4n) is 2.50. The first-order chi connectivity index (χ1) is 11.3. The van der Waals surface area contributed by atoms with Crippen molar-refractivity contribution >= 4 is 10.8 Å². The number of hydrogen-bond donors (Lipinski definition) is 0. The Hall–Kier alpha value is -3.21. The molecule has 5 nitrogen and oxygen atoms in total. The molecule has 0 saturated heterocycles. The quantitative estimate of drug-likeness (QED) is 0.577. The van der Waals surface area contributed by atoms with E-state index in [1.54, 1.807) is 23.3 Å². The summed E-state index contributed by atoms with van der Waals surface area (Å²) in [6.45, 7) is 0. The predicted octanol–water partition coefficient (Wildman–Crippen LogP) is 3.82. The van der Waals surface area contributed by atoms with Crippen molar-refractivity contribution in [2.75, 3.05) is 0 Å². The lowest BCUT2D eigenvalue weighted by Gasteiger charge is -2.09. The minimum atomic E-state index is 0.689. The number of rotatable bonds is 3. The van der Waals surface area contributed by atoms with Gasteiger partial charge < -0.3 is 4.74 Å². The molecule has 0 aliphatic heterocycles. The highest BCUT2D eigenvalue weighted by Crippen LogP contribution is 2.32. The Morgan fingerprint density at radius 3 is 2.70 bits per heavy atom. The van der Waals surface area contributed by atoms with Crippen LogP contribution >= 0.6 is 0 Å². The van der Waals surface area contributed by atoms with E-state index in [2.05, 4.69) is 27.2 Å². The van der Waals surface area contributed by atoms with Gasteiger partial charge in [-0.1, -0.05) is 12.1 Å². The van der Waals surface area contributed by atoms with E-state index in [0.717, 1.165) is 21.9 Å². The Morgan fingerprint density at radius 2 is 1.91 bits per heavy atom. The van der Waals surface area contributed by atoms with E-state index >= 15 is 0 Å². The van der Waals surface area contributed by atoms with Gasteiger partial charge >= 0.3 is 0 Å². The number of pyridine rings is 2. The Morgan fingerprint density at radius 1 is 0.957 bits per heavy atom. The van der Waals surface area contributed by atoms with E-state index in [0.29, 0.717) is 11.5 Å². The standard InChI is InChI=1S/C18H14N4O/c1-22-12-15(9-21-22)13-4-5-14-8-20-11-18(17(14)7-13)23-16-3-2-6-19-10-16/h2-12H,1H3. The normalized spacial score (nSPS) is 10.8. The summed E-state index contributed by atoms with van der Waals surface area (Å²) in [5.41, 5.74) is 2.16. The van der Waals surface area contributed by atoms with Gasteiger partial charge in [-0.2, -0.15) is 5.10 Å². The summed E-state index contributed by atoms with van der Waals surface area (Å²) in [5.74, 6) is 1.40. The number of ether oxygens (including phenoxy) is 1. The topological polar surface area (TPSA) is 52.8 Å². The summed E-state index contributed by atoms with van der Waals surface area (Å²) in [4.78, 5) is 8.33. The zero-order valence-electron chi connectivity index (χ0n) is 12.5. The fourth-order valence-corrected chi connectivity index (χ4v) is 2.50. The summed E-state index contributed by atoms with van der Waals surface area (Å²) in [6.07, 6.45) is 10.8. The van der Waals surface area contributed by atoms with Crippen LogP contribution in [-0.2, 0) is 7.05 Å². The van der Waals surface area contributed by atoms with Crippen LogP contribution in [0.15, 0.2) is 67.5 Å². The summed E-state index contributed by atoms with van der Waals surface area (Å²) in [6, 6.07) is 9.92. The molecule has 0 N–H and O–H groups in total. The van der Waals surface area contributed by atoms with Crippen molar-refractivity contribution in [3.05, 3.63) is 67.5 Å². The summed E-state index contributed by atoms with van der Waals surface area (Å²) < 4.78 is 7.73. The van der Waals surface area contributed by atoms with Crippen LogP contribution < -0.4 is 4.74 Å². The first-order valence-electron chi connectivity index (χ1n) is 7.24. The molecule has 0 aliphatic carbocycles. The smallest absolute Gasteiger partial charge is 0.153 e. The SMILES string of the molecule is Cn1cc(-c2ccc3cncc(Oc4cccnc4)c3c2)cn1. The van der Waals surface area contributed by atoms with Crippen LogP contribution in [0.4, 0.5) is 0 Å². The highest BCUT2D eigenvalue weighted by molar-refractivity contribution is 5.91. The molecular weight excluding hydrogens is 288 g/mol. The largest absolute Gasteiger partial charge is 0.453 e. The average molecular weight is 302 g/mol. The number of nitrogens with zero attached hydrogens (tertiary/aromatic N) is 4. The lowest BCUT2D eigenvalue weighted by molar-refractivity contribution is 0.484. The molecule has 0 atom stereocenters. The van der Waals surface area contributed by atoms with Gasteiger partial charge in [0.2, 0.25) is 0 Å². The van der Waals surface area contributed by atoms with Crippen LogP contribution in [0.25, 0.3) is 21.9 Å². The van der Waals surface area contributed by atoms with Crippen molar-refractivity contribution in [1.29, 1.82) is 0 Å². The summed E-state index contributed by atoms with van der Waals surface area (Å²) in [7, 11) is 1.91. The Kier molecular flexibility index (Phi) is 3.24. The predicted molar refractivity (Wildman–Crippen MR) is 88.3 cm³/mol. The van der Waals surface area contributed by atoms with E-state index in [4.69, 9.17) is 4.74 Å². The molecular formula is C18H14N4O. The van der Waals surface area contributed by atoms with Crippen LogP contribution in [0.5, 0.6) is 11.5 Å². The molecule has 3 heterocycles. The Balaban J connectivity index is 1.81. The molecule has 1 aromatic carbocycles. The summed E-state index contributed by atoms with van der Waals surface area (Å²) >= 11 is 0. The molecule has 4 aromatic rings. The van der Waals surface area contributed by atoms with Crippen LogP contribution in [0.3, 0.4) is 0 Å². The maximum absolute atomic E-state index is 5.94. The van der Waals surface area contributed by atoms with Crippen LogP contribution in [0.2, 0.25) is 0 Å². The van der Waals surface area contributed by atoms with E-state index in [1.165, 1.54) is 0 Å². The number of aryl methyl sites for hydroxylation is 1. The van der Waals surface area contributed by atoms with Crippen LogP contribution in [0, 0.1) is 0 Å². The van der Waals surface area contributed by atoms with Gasteiger partial charge in [-0.25, -0.2) is 0 Å². The van der Waals surface area contributed by atoms with Crippen molar-refractivity contribution < 1.29 is 4.74 Å². The second-order valence-corrected chi connectivity index (χ2v) is 5.27. The molecule has 0 fully saturated rings. The minimum Gasteiger partial charge on any atom is -0.453 e. The molecule has 3 aromatic heterocycles. The zero-order valence-corrected chi connectivity index (χ0v) is 12.5. The third-order valence-corrected chi connectivity index (χ3v) is 3.62. The van der Waals surface area contributed by atoms with Crippen molar-refractivity contribution in [2.24, 2.45) is 7.05 Å². The van der Waals surface area contributed by atoms with Gasteiger partial charge in [0.15, 0.2) is 5.75 Å². The highest BCUT2D eigenvalue weighted by Gasteiger charge is 2.08. The van der Waals surface area contributed by atoms with Gasteiger partial charge in [0, 0.05) is 42.0 Å². The molecule has 112 valence electrons. The van der Waals surface area contributed by atoms with Crippen LogP contribution in [-0.4, -0.2) is 19.7 Å². The second kappa shape index (κ2) is 5.53. The Bertz CT molecular complexity index is 963. The van der Waals surface area contributed by atoms with E-state index in [1.807, 2.05) is 43.8 Å². The van der Waals surface area contributed by atoms with Crippen LogP contribution in [0.1, 0.15) is 0 Å². The third-order valence-electron chi connectivity index (χ3n) is 3.62. The average Bonchev–Trinajstić information content (AvgIpc) is 3.02. The van der Waals surface area contributed by atoms with Gasteiger partial charge in [-0.3, -0.25) is 14.6 Å². The monoisotopic (exact) mass is 302 g/mol. The molecule has 0 saturated carbocycles. The third kappa shape index (κ3) is 2.64. The van der Waals surface area contributed by atoms with Gasteiger partial charge in [-0.05, 0) is 23.8 Å². The Labute approximate surface area is 133 Å². The summed E-state index contributed by atoms with van der Waals surface area (Å²) in [5, 5.41) is 6.26. The van der Waals surface area contributed by atoms with E-state index < -0.39 is 0 Å². The second-order valence-electron chi connectivity index (χ2n) is 5.27. The molecule has 0 radical (unpaired) electrons. The maximum Gasteiger partial charge on any atom is 0.153 e. The molecule has 0 unspecified atom stereocenters. The van der Waals surface area contributed by atoms with Crippen molar-refractivity contribution in [3.8, 4) is 22.6 Å². The van der Waals surface area contributed by atoms with Crippen molar-refractivity contribution in [1.82, 2.24) is 19.7 Å². The van der Waals surface area contributed by atoms with Crippen molar-refractivity contribution in [3.63, 3.8) is 0 Å². The number of hydrogen-bond acceptors (Lipinski definition) is 4. The molecule has 0 amide bonds. The zero-order chi connectivity index (χ0) is 15.6. The molecule has 4 rings (SSSR count). The van der Waals surface area contributed by atoms with E-state index in [9.17, 15) is 0 Å². The number of aromatic nitrogens is 4. The minimum absolute atomic E-state index is 0.689. The molecule has 0 aliphatic rings. The first kappa shape index (κ1) is 13.5. The van der Waals surface area contributed by atoms with E-state index in [-0.39, 0.29) is 0 Å². The van der Waals surface area contributed by atoms with Gasteiger partial charge in [0.1, 0.15) is 5.75 Å². The van der Waals surface area contributed by atoms with Crippen molar-refractivity contribution in [2.45, 2.75) is 0 Å². The molecule has 0 bridgehead atoms. The van der Waals surface area contributed by atoms with Gasteiger partial charge in [-0.15, -0.1) is 0 Å². The molecule has 23 heavy (non-hydrogen) atoms. The first-order valence-corrected chi connectivity index (χ1v) is 7.24. The lowest BCUT2D eigenvalue weighted by atomic mass is 10.0. The number of fused-ring (bicyclic) bond motifs is 1. The maximum atomic E-state index is 5.94.